The Balaban J connectivity index is 1.97. The summed E-state index contributed by atoms with van der Waals surface area (Å²) in [4.78, 5) is 2.48. The summed E-state index contributed by atoms with van der Waals surface area (Å²) in [5, 5.41) is 0. The molecule has 86 valence electrons. The molecule has 0 aliphatic carbocycles. The van der Waals surface area contributed by atoms with Gasteiger partial charge in [-0.05, 0) is 12.1 Å². The Kier molecular flexibility index (Phi) is 1.92. The van der Waals surface area contributed by atoms with Gasteiger partial charge in [-0.2, -0.15) is 0 Å². The van der Waals surface area contributed by atoms with Crippen molar-refractivity contribution in [2.24, 2.45) is 0 Å². The van der Waals surface area contributed by atoms with Crippen LogP contribution in [-0.4, -0.2) is 0 Å². The molecule has 0 saturated heterocycles. The SMILES string of the molecule is c1ccc2c(c1)COS21OCc2ccccc21. The summed E-state index contributed by atoms with van der Waals surface area (Å²) in [6.07, 6.45) is 0. The van der Waals surface area contributed by atoms with Crippen molar-refractivity contribution in [1.29, 1.82) is 0 Å². The lowest BCUT2D eigenvalue weighted by Crippen LogP contribution is -1.96. The van der Waals surface area contributed by atoms with Crippen molar-refractivity contribution >= 4 is 10.6 Å². The summed E-state index contributed by atoms with van der Waals surface area (Å²) in [7, 11) is -1.64. The molecule has 17 heavy (non-hydrogen) atoms. The highest BCUT2D eigenvalue weighted by molar-refractivity contribution is 8.26. The Morgan fingerprint density at radius 2 is 1.18 bits per heavy atom. The van der Waals surface area contributed by atoms with Crippen LogP contribution in [0, 0.1) is 0 Å². The van der Waals surface area contributed by atoms with E-state index >= 15 is 0 Å². The summed E-state index contributed by atoms with van der Waals surface area (Å²) in [5.74, 6) is 0. The minimum atomic E-state index is -1.64. The molecule has 2 aliphatic heterocycles. The molecule has 2 aromatic rings. The largest absolute Gasteiger partial charge is 0.270 e. The predicted molar refractivity (Wildman–Crippen MR) is 66.6 cm³/mol. The zero-order valence-corrected chi connectivity index (χ0v) is 10.1. The highest BCUT2D eigenvalue weighted by Crippen LogP contribution is 2.72. The van der Waals surface area contributed by atoms with Gasteiger partial charge in [-0.3, -0.25) is 8.37 Å². The van der Waals surface area contributed by atoms with Crippen LogP contribution in [0.1, 0.15) is 11.1 Å². The van der Waals surface area contributed by atoms with E-state index in [9.17, 15) is 0 Å². The molecule has 0 aromatic heterocycles. The molecule has 1 spiro atoms. The Bertz CT molecular complexity index is 541. The average Bonchev–Trinajstić information content (AvgIpc) is 2.95. The maximum absolute atomic E-state index is 6.06. The Hall–Kier alpha value is -1.29. The number of hydrogen-bond donors (Lipinski definition) is 0. The Morgan fingerprint density at radius 1 is 0.706 bits per heavy atom. The van der Waals surface area contributed by atoms with E-state index in [1.54, 1.807) is 0 Å². The van der Waals surface area contributed by atoms with Crippen LogP contribution >= 0.6 is 10.6 Å². The standard InChI is InChI=1S/C14H12O2S/c1-3-7-13-11(5-1)9-15-17(13)14-8-4-2-6-12(14)10-16-17/h1-8H,9-10H2. The number of rotatable bonds is 0. The molecule has 0 fully saturated rings. The zero-order chi connectivity index (χ0) is 11.3. The molecule has 0 unspecified atom stereocenters. The van der Waals surface area contributed by atoms with Crippen LogP contribution in [0.15, 0.2) is 58.3 Å². The summed E-state index contributed by atoms with van der Waals surface area (Å²) in [6, 6.07) is 16.8. The lowest BCUT2D eigenvalue weighted by atomic mass is 10.2. The van der Waals surface area contributed by atoms with Crippen LogP contribution in [0.5, 0.6) is 0 Å². The van der Waals surface area contributed by atoms with Crippen LogP contribution < -0.4 is 0 Å². The maximum atomic E-state index is 6.06. The zero-order valence-electron chi connectivity index (χ0n) is 9.26. The molecule has 2 nitrogen and oxygen atoms in total. The highest BCUT2D eigenvalue weighted by atomic mass is 32.3. The summed E-state index contributed by atoms with van der Waals surface area (Å²) in [6.45, 7) is 1.33. The van der Waals surface area contributed by atoms with Gasteiger partial charge in [0, 0.05) is 11.1 Å². The summed E-state index contributed by atoms with van der Waals surface area (Å²) >= 11 is 0. The topological polar surface area (TPSA) is 18.5 Å². The molecule has 0 amide bonds. The molecule has 4 rings (SSSR count). The summed E-state index contributed by atoms with van der Waals surface area (Å²) in [5.41, 5.74) is 2.53. The molecule has 3 heteroatoms. The van der Waals surface area contributed by atoms with E-state index in [0.717, 1.165) is 0 Å². The second-order valence-corrected chi connectivity index (χ2v) is 6.60. The fraction of sp³-hybridized carbons (Fsp3) is 0.143. The first-order valence-corrected chi connectivity index (χ1v) is 7.16. The number of hydrogen-bond acceptors (Lipinski definition) is 2. The van der Waals surface area contributed by atoms with E-state index in [4.69, 9.17) is 8.37 Å². The van der Waals surface area contributed by atoms with Gasteiger partial charge >= 0.3 is 0 Å². The van der Waals surface area contributed by atoms with Crippen LogP contribution in [-0.2, 0) is 21.6 Å². The van der Waals surface area contributed by atoms with E-state index < -0.39 is 10.6 Å². The lowest BCUT2D eigenvalue weighted by Gasteiger charge is -2.34. The number of benzene rings is 2. The second-order valence-electron chi connectivity index (χ2n) is 4.24. The van der Waals surface area contributed by atoms with Gasteiger partial charge in [-0.25, -0.2) is 0 Å². The maximum Gasteiger partial charge on any atom is 0.0992 e. The van der Waals surface area contributed by atoms with Gasteiger partial charge in [-0.15, -0.1) is 10.6 Å². The Morgan fingerprint density at radius 3 is 1.71 bits per heavy atom. The molecule has 2 aliphatic rings. The predicted octanol–water partition coefficient (Wildman–Crippen LogP) is 3.80. The van der Waals surface area contributed by atoms with E-state index in [1.165, 1.54) is 20.9 Å². The van der Waals surface area contributed by atoms with Crippen molar-refractivity contribution in [3.63, 3.8) is 0 Å². The third-order valence-electron chi connectivity index (χ3n) is 3.29. The molecule has 0 bridgehead atoms. The minimum absolute atomic E-state index is 0.667. The second kappa shape index (κ2) is 3.35. The van der Waals surface area contributed by atoms with E-state index in [-0.39, 0.29) is 0 Å². The minimum Gasteiger partial charge on any atom is -0.270 e. The van der Waals surface area contributed by atoms with Crippen LogP contribution in [0.3, 0.4) is 0 Å². The van der Waals surface area contributed by atoms with Gasteiger partial charge in [0.25, 0.3) is 0 Å². The number of fused-ring (bicyclic) bond motifs is 4. The summed E-state index contributed by atoms with van der Waals surface area (Å²) < 4.78 is 12.1. The third kappa shape index (κ3) is 1.19. The van der Waals surface area contributed by atoms with Gasteiger partial charge in [-0.1, -0.05) is 36.4 Å². The first-order valence-electron chi connectivity index (χ1n) is 5.68. The van der Waals surface area contributed by atoms with Crippen molar-refractivity contribution in [1.82, 2.24) is 0 Å². The average molecular weight is 244 g/mol. The molecule has 0 saturated carbocycles. The lowest BCUT2D eigenvalue weighted by molar-refractivity contribution is 0.272. The van der Waals surface area contributed by atoms with Crippen molar-refractivity contribution in [3.05, 3.63) is 59.7 Å². The normalized spacial score (nSPS) is 21.2. The third-order valence-corrected chi connectivity index (χ3v) is 6.14. The van der Waals surface area contributed by atoms with Crippen LogP contribution in [0.4, 0.5) is 0 Å². The first-order chi connectivity index (χ1) is 8.40. The van der Waals surface area contributed by atoms with E-state index in [2.05, 4.69) is 48.5 Å². The fourth-order valence-electron chi connectivity index (χ4n) is 2.47. The fourth-order valence-corrected chi connectivity index (χ4v) is 5.33. The van der Waals surface area contributed by atoms with Crippen LogP contribution in [0.2, 0.25) is 0 Å². The monoisotopic (exact) mass is 244 g/mol. The molecular weight excluding hydrogens is 232 g/mol. The molecule has 0 radical (unpaired) electrons. The van der Waals surface area contributed by atoms with Gasteiger partial charge < -0.3 is 0 Å². The van der Waals surface area contributed by atoms with Crippen molar-refractivity contribution in [3.8, 4) is 0 Å². The molecular formula is C14H12O2S. The smallest absolute Gasteiger partial charge is 0.0992 e. The van der Waals surface area contributed by atoms with Crippen LogP contribution in [0.25, 0.3) is 0 Å². The first kappa shape index (κ1) is 9.71. The van der Waals surface area contributed by atoms with E-state index in [1.807, 2.05) is 0 Å². The van der Waals surface area contributed by atoms with Gasteiger partial charge in [0.1, 0.15) is 0 Å². The van der Waals surface area contributed by atoms with Gasteiger partial charge in [0.15, 0.2) is 0 Å². The van der Waals surface area contributed by atoms with E-state index in [0.29, 0.717) is 13.2 Å². The molecule has 0 atom stereocenters. The molecule has 2 aromatic carbocycles. The molecule has 2 heterocycles. The quantitative estimate of drug-likeness (QED) is 0.701. The molecule has 0 N–H and O–H groups in total. The highest BCUT2D eigenvalue weighted by Gasteiger charge is 2.40. The van der Waals surface area contributed by atoms with Crippen molar-refractivity contribution < 1.29 is 8.37 Å². The van der Waals surface area contributed by atoms with Crippen molar-refractivity contribution in [2.75, 3.05) is 0 Å². The Labute approximate surface area is 102 Å². The van der Waals surface area contributed by atoms with Crippen molar-refractivity contribution in [2.45, 2.75) is 23.0 Å². The van der Waals surface area contributed by atoms with Gasteiger partial charge in [0.05, 0.1) is 23.0 Å². The van der Waals surface area contributed by atoms with Gasteiger partial charge in [0.2, 0.25) is 0 Å².